The third kappa shape index (κ3) is 3.34. The van der Waals surface area contributed by atoms with Gasteiger partial charge in [0.15, 0.2) is 0 Å². The van der Waals surface area contributed by atoms with Crippen LogP contribution in [0.1, 0.15) is 10.9 Å². The first-order chi connectivity index (χ1) is 5.41. The minimum Gasteiger partial charge on any atom is -0.316 e. The largest absolute Gasteiger partial charge is 0.408 e. The molecule has 1 aromatic heterocycles. The van der Waals surface area contributed by atoms with Crippen LogP contribution in [-0.4, -0.2) is 6.18 Å². The Kier molecular flexibility index (Phi) is 4.51. The monoisotopic (exact) mass is 251 g/mol. The zero-order chi connectivity index (χ0) is 9.35. The molecule has 0 bridgehead atoms. The van der Waals surface area contributed by atoms with Crippen LogP contribution in [0.25, 0.3) is 0 Å². The predicted octanol–water partition coefficient (Wildman–Crippen LogP) is 3.39. The van der Waals surface area contributed by atoms with Crippen LogP contribution in [0.5, 0.6) is 0 Å². The maximum atomic E-state index is 12.0. The van der Waals surface area contributed by atoms with Gasteiger partial charge in [0.25, 0.3) is 0 Å². The summed E-state index contributed by atoms with van der Waals surface area (Å²) < 4.78 is 36.3. The zero-order valence-electron chi connectivity index (χ0n) is 6.14. The van der Waals surface area contributed by atoms with Gasteiger partial charge in [0.05, 0.1) is 4.34 Å². The zero-order valence-corrected chi connectivity index (χ0v) is 8.53. The molecule has 1 atom stereocenters. The molecule has 0 saturated carbocycles. The molecule has 1 aromatic rings. The lowest BCUT2D eigenvalue weighted by molar-refractivity contribution is -0.148. The molecule has 0 amide bonds. The van der Waals surface area contributed by atoms with Gasteiger partial charge in [-0.25, -0.2) is 0 Å². The van der Waals surface area contributed by atoms with Crippen LogP contribution in [-0.2, 0) is 0 Å². The van der Waals surface area contributed by atoms with Crippen molar-refractivity contribution in [1.29, 1.82) is 0 Å². The van der Waals surface area contributed by atoms with Gasteiger partial charge in [0, 0.05) is 4.88 Å². The lowest BCUT2D eigenvalue weighted by Gasteiger charge is -2.12. The van der Waals surface area contributed by atoms with Crippen molar-refractivity contribution in [3.63, 3.8) is 0 Å². The Morgan fingerprint density at radius 2 is 1.92 bits per heavy atom. The normalized spacial score (nSPS) is 13.6. The molecular weight excluding hydrogens is 246 g/mol. The topological polar surface area (TPSA) is 26.0 Å². The second kappa shape index (κ2) is 4.50. The van der Waals surface area contributed by atoms with Gasteiger partial charge in [0.1, 0.15) is 6.04 Å². The fraction of sp³-hybridized carbons (Fsp3) is 0.333. The van der Waals surface area contributed by atoms with Gasteiger partial charge >= 0.3 is 6.18 Å². The van der Waals surface area contributed by atoms with Crippen molar-refractivity contribution in [3.05, 3.63) is 21.3 Å². The Hall–Kier alpha value is 0.0300. The molecule has 1 nitrogen and oxygen atoms in total. The lowest BCUT2D eigenvalue weighted by atomic mass is 10.2. The van der Waals surface area contributed by atoms with Gasteiger partial charge in [0.2, 0.25) is 0 Å². The standard InChI is InChI=1S/C6H5ClF3NS.ClH/c7-4-2-1-3(12-4)5(11)6(8,9)10;/h1-2,5H,11H2;1H/t5-;/m0./s1. The summed E-state index contributed by atoms with van der Waals surface area (Å²) in [5, 5.41) is 0. The van der Waals surface area contributed by atoms with Crippen LogP contribution in [0.2, 0.25) is 4.34 Å². The minimum absolute atomic E-state index is 0. The summed E-state index contributed by atoms with van der Waals surface area (Å²) in [6.45, 7) is 0. The van der Waals surface area contributed by atoms with Gasteiger partial charge in [-0.3, -0.25) is 0 Å². The molecule has 0 aliphatic heterocycles. The number of alkyl halides is 3. The molecule has 1 heterocycles. The average Bonchev–Trinajstić information content (AvgIpc) is 2.32. The summed E-state index contributed by atoms with van der Waals surface area (Å²) >= 11 is 6.29. The number of rotatable bonds is 1. The van der Waals surface area contributed by atoms with Gasteiger partial charge in [-0.1, -0.05) is 11.6 Å². The van der Waals surface area contributed by atoms with E-state index in [0.717, 1.165) is 11.3 Å². The van der Waals surface area contributed by atoms with Crippen LogP contribution in [0.3, 0.4) is 0 Å². The summed E-state index contributed by atoms with van der Waals surface area (Å²) in [6.07, 6.45) is -4.39. The molecule has 0 aliphatic rings. The smallest absolute Gasteiger partial charge is 0.316 e. The Morgan fingerprint density at radius 3 is 2.23 bits per heavy atom. The SMILES string of the molecule is Cl.N[C@@H](c1ccc(Cl)s1)C(F)(F)F. The van der Waals surface area contributed by atoms with Crippen LogP contribution in [0.4, 0.5) is 13.2 Å². The third-order valence-electron chi connectivity index (χ3n) is 1.25. The van der Waals surface area contributed by atoms with E-state index >= 15 is 0 Å². The van der Waals surface area contributed by atoms with E-state index in [1.165, 1.54) is 12.1 Å². The number of halogens is 5. The van der Waals surface area contributed by atoms with Gasteiger partial charge < -0.3 is 5.73 Å². The van der Waals surface area contributed by atoms with E-state index < -0.39 is 12.2 Å². The highest BCUT2D eigenvalue weighted by molar-refractivity contribution is 7.16. The van der Waals surface area contributed by atoms with E-state index in [1.807, 2.05) is 0 Å². The fourth-order valence-corrected chi connectivity index (χ4v) is 1.74. The van der Waals surface area contributed by atoms with E-state index in [1.54, 1.807) is 0 Å². The van der Waals surface area contributed by atoms with Crippen LogP contribution >= 0.6 is 35.3 Å². The third-order valence-corrected chi connectivity index (χ3v) is 2.57. The summed E-state index contributed by atoms with van der Waals surface area (Å²) in [7, 11) is 0. The Bertz CT molecular complexity index is 273. The minimum atomic E-state index is -4.39. The molecule has 0 spiro atoms. The Morgan fingerprint density at radius 1 is 1.38 bits per heavy atom. The molecule has 7 heteroatoms. The second-order valence-electron chi connectivity index (χ2n) is 2.16. The molecule has 1 rings (SSSR count). The molecule has 0 aliphatic carbocycles. The van der Waals surface area contributed by atoms with Gasteiger partial charge in [-0.2, -0.15) is 13.2 Å². The molecule has 0 fully saturated rings. The van der Waals surface area contributed by atoms with Crippen molar-refractivity contribution in [3.8, 4) is 0 Å². The first-order valence-corrected chi connectivity index (χ1v) is 4.18. The number of hydrogen-bond donors (Lipinski definition) is 1. The van der Waals surface area contributed by atoms with Crippen LogP contribution < -0.4 is 5.73 Å². The van der Waals surface area contributed by atoms with E-state index in [4.69, 9.17) is 17.3 Å². The van der Waals surface area contributed by atoms with Gasteiger partial charge in [-0.05, 0) is 12.1 Å². The number of nitrogens with two attached hydrogens (primary N) is 1. The van der Waals surface area contributed by atoms with E-state index in [2.05, 4.69) is 0 Å². The maximum Gasteiger partial charge on any atom is 0.408 e. The van der Waals surface area contributed by atoms with E-state index in [0.29, 0.717) is 4.34 Å². The second-order valence-corrected chi connectivity index (χ2v) is 3.91. The van der Waals surface area contributed by atoms with Gasteiger partial charge in [-0.15, -0.1) is 23.7 Å². The molecule has 0 saturated heterocycles. The Balaban J connectivity index is 0.00000144. The van der Waals surface area contributed by atoms with Crippen molar-refractivity contribution in [2.24, 2.45) is 5.73 Å². The Labute approximate surface area is 88.1 Å². The predicted molar refractivity (Wildman–Crippen MR) is 49.6 cm³/mol. The van der Waals surface area contributed by atoms with Crippen molar-refractivity contribution >= 4 is 35.3 Å². The molecule has 76 valence electrons. The van der Waals surface area contributed by atoms with Crippen molar-refractivity contribution < 1.29 is 13.2 Å². The number of hydrogen-bond acceptors (Lipinski definition) is 2. The summed E-state index contributed by atoms with van der Waals surface area (Å²) in [5.74, 6) is 0. The number of thiophene rings is 1. The van der Waals surface area contributed by atoms with Crippen molar-refractivity contribution in [2.75, 3.05) is 0 Å². The first kappa shape index (κ1) is 13.0. The summed E-state index contributed by atoms with van der Waals surface area (Å²) in [5.41, 5.74) is 4.91. The average molecular weight is 252 g/mol. The lowest BCUT2D eigenvalue weighted by Crippen LogP contribution is -2.27. The van der Waals surface area contributed by atoms with Crippen LogP contribution in [0, 0.1) is 0 Å². The van der Waals surface area contributed by atoms with Crippen LogP contribution in [0.15, 0.2) is 12.1 Å². The molecule has 13 heavy (non-hydrogen) atoms. The van der Waals surface area contributed by atoms with E-state index in [-0.39, 0.29) is 17.3 Å². The first-order valence-electron chi connectivity index (χ1n) is 2.99. The van der Waals surface area contributed by atoms with Crippen molar-refractivity contribution in [2.45, 2.75) is 12.2 Å². The maximum absolute atomic E-state index is 12.0. The van der Waals surface area contributed by atoms with E-state index in [9.17, 15) is 13.2 Å². The summed E-state index contributed by atoms with van der Waals surface area (Å²) in [6, 6.07) is 0.758. The highest BCUT2D eigenvalue weighted by Crippen LogP contribution is 2.35. The fourth-order valence-electron chi connectivity index (χ4n) is 0.657. The molecule has 0 aromatic carbocycles. The quantitative estimate of drug-likeness (QED) is 0.814. The summed E-state index contributed by atoms with van der Waals surface area (Å²) in [4.78, 5) is 0.0347. The molecule has 0 radical (unpaired) electrons. The molecule has 2 N–H and O–H groups in total. The molecular formula is C6H6Cl2F3NS. The molecule has 0 unspecified atom stereocenters. The highest BCUT2D eigenvalue weighted by Gasteiger charge is 2.38. The van der Waals surface area contributed by atoms with Crippen molar-refractivity contribution in [1.82, 2.24) is 0 Å². The highest BCUT2D eigenvalue weighted by atomic mass is 35.5.